The number of aromatic nitrogens is 2. The molecule has 2 N–H and O–H groups in total. The van der Waals surface area contributed by atoms with Gasteiger partial charge in [0, 0.05) is 36.7 Å². The molecule has 2 aromatic heterocycles. The number of hydrogen-bond donors (Lipinski definition) is 2. The molecule has 4 aromatic rings. The van der Waals surface area contributed by atoms with Gasteiger partial charge in [0.1, 0.15) is 6.10 Å². The minimum atomic E-state index is -0.866. The summed E-state index contributed by atoms with van der Waals surface area (Å²) in [4.78, 5) is 8.96. The Morgan fingerprint density at radius 2 is 1.38 bits per heavy atom. The van der Waals surface area contributed by atoms with Crippen LogP contribution in [0.4, 0.5) is 0 Å². The number of aliphatic hydroxyl groups is 2. The predicted octanol–water partition coefficient (Wildman–Crippen LogP) is 6.90. The Morgan fingerprint density at radius 3 is 1.88 bits per heavy atom. The van der Waals surface area contributed by atoms with E-state index in [2.05, 4.69) is 67.5 Å². The summed E-state index contributed by atoms with van der Waals surface area (Å²) in [5.41, 5.74) is 7.91. The minimum Gasteiger partial charge on any atom is -0.393 e. The van der Waals surface area contributed by atoms with Gasteiger partial charge in [-0.25, -0.2) is 0 Å². The number of rotatable bonds is 3. The summed E-state index contributed by atoms with van der Waals surface area (Å²) in [6.07, 6.45) is 1.01. The maximum atomic E-state index is 9.80. The first-order valence-electron chi connectivity index (χ1n) is 10.2. The molecule has 0 fully saturated rings. The zero-order chi connectivity index (χ0) is 23.6. The van der Waals surface area contributed by atoms with Gasteiger partial charge in [-0.3, -0.25) is 9.97 Å². The Kier molecular flexibility index (Phi) is 7.83. The number of nitrogens with zero attached hydrogens (tertiary/aromatic N) is 2. The van der Waals surface area contributed by atoms with Crippen LogP contribution in [0.2, 0.25) is 0 Å². The van der Waals surface area contributed by atoms with Crippen molar-refractivity contribution in [3.63, 3.8) is 0 Å². The van der Waals surface area contributed by atoms with E-state index in [0.717, 1.165) is 58.8 Å². The van der Waals surface area contributed by atoms with Gasteiger partial charge in [-0.05, 0) is 113 Å². The van der Waals surface area contributed by atoms with E-state index in [9.17, 15) is 5.11 Å². The number of pyridine rings is 2. The van der Waals surface area contributed by atoms with Crippen molar-refractivity contribution >= 4 is 59.7 Å². The summed E-state index contributed by atoms with van der Waals surface area (Å²) in [6.45, 7) is 11.5. The van der Waals surface area contributed by atoms with Gasteiger partial charge in [-0.2, -0.15) is 0 Å². The van der Waals surface area contributed by atoms with E-state index in [1.165, 1.54) is 5.56 Å². The number of halogens is 2. The van der Waals surface area contributed by atoms with Gasteiger partial charge in [0.05, 0.1) is 17.6 Å². The molecule has 0 aliphatic carbocycles. The van der Waals surface area contributed by atoms with Crippen LogP contribution in [-0.2, 0) is 0 Å². The molecule has 32 heavy (non-hydrogen) atoms. The molecule has 2 heterocycles. The highest BCUT2D eigenvalue weighted by molar-refractivity contribution is 9.11. The van der Waals surface area contributed by atoms with Crippen LogP contribution < -0.4 is 0 Å². The lowest BCUT2D eigenvalue weighted by atomic mass is 10.0. The van der Waals surface area contributed by atoms with Crippen LogP contribution >= 0.6 is 31.9 Å². The van der Waals surface area contributed by atoms with E-state index in [1.807, 2.05) is 51.1 Å². The molecule has 0 spiro atoms. The highest BCUT2D eigenvalue weighted by Crippen LogP contribution is 2.34. The summed E-state index contributed by atoms with van der Waals surface area (Å²) in [5, 5.41) is 21.0. The summed E-state index contributed by atoms with van der Waals surface area (Å²) in [6, 6.07) is 12.0. The Morgan fingerprint density at radius 1 is 0.875 bits per heavy atom. The Hall–Kier alpha value is -2.12. The van der Waals surface area contributed by atoms with Crippen LogP contribution in [0.15, 0.2) is 51.9 Å². The average molecular weight is 558 g/mol. The maximum absolute atomic E-state index is 9.80. The van der Waals surface area contributed by atoms with Gasteiger partial charge < -0.3 is 10.2 Å². The van der Waals surface area contributed by atoms with E-state index < -0.39 is 6.10 Å². The monoisotopic (exact) mass is 556 g/mol. The molecular formula is C26H26Br2N2O2. The van der Waals surface area contributed by atoms with Crippen LogP contribution in [0.1, 0.15) is 39.7 Å². The van der Waals surface area contributed by atoms with Crippen LogP contribution in [0.25, 0.3) is 27.9 Å². The summed E-state index contributed by atoms with van der Waals surface area (Å²) in [7, 11) is 0. The third-order valence-corrected chi connectivity index (χ3v) is 7.05. The zero-order valence-corrected chi connectivity index (χ0v) is 21.7. The molecule has 0 amide bonds. The molecule has 0 saturated carbocycles. The van der Waals surface area contributed by atoms with Crippen LogP contribution in [-0.4, -0.2) is 26.8 Å². The first kappa shape index (κ1) is 24.5. The third kappa shape index (κ3) is 4.94. The maximum Gasteiger partial charge on any atom is 0.103 e. The van der Waals surface area contributed by atoms with E-state index in [0.29, 0.717) is 0 Å². The van der Waals surface area contributed by atoms with Gasteiger partial charge in [-0.15, -0.1) is 0 Å². The number of aliphatic hydroxyl groups excluding tert-OH is 2. The first-order chi connectivity index (χ1) is 15.2. The fourth-order valence-electron chi connectivity index (χ4n) is 3.70. The van der Waals surface area contributed by atoms with Crippen molar-refractivity contribution in [2.75, 3.05) is 6.61 Å². The Bertz CT molecular complexity index is 1320. The second kappa shape index (κ2) is 10.2. The lowest BCUT2D eigenvalue weighted by Crippen LogP contribution is -2.06. The molecule has 0 unspecified atom stereocenters. The molecular weight excluding hydrogens is 532 g/mol. The Balaban J connectivity index is 0.000000182. The molecule has 0 saturated heterocycles. The highest BCUT2D eigenvalue weighted by atomic mass is 79.9. The smallest absolute Gasteiger partial charge is 0.103 e. The predicted molar refractivity (Wildman–Crippen MR) is 140 cm³/mol. The van der Waals surface area contributed by atoms with Crippen molar-refractivity contribution in [2.45, 2.75) is 33.8 Å². The topological polar surface area (TPSA) is 66.2 Å². The van der Waals surface area contributed by atoms with Gasteiger partial charge in [-0.1, -0.05) is 12.7 Å². The number of hydrogen-bond acceptors (Lipinski definition) is 4. The lowest BCUT2D eigenvalue weighted by molar-refractivity contribution is 0.0947. The summed E-state index contributed by atoms with van der Waals surface area (Å²) in [5.74, 6) is 0. The molecule has 0 aliphatic heterocycles. The van der Waals surface area contributed by atoms with Crippen LogP contribution in [0, 0.1) is 27.7 Å². The van der Waals surface area contributed by atoms with Crippen LogP contribution in [0.5, 0.6) is 0 Å². The fourth-order valence-corrected chi connectivity index (χ4v) is 5.42. The van der Waals surface area contributed by atoms with E-state index in [-0.39, 0.29) is 6.61 Å². The van der Waals surface area contributed by atoms with Crippen LogP contribution in [0.3, 0.4) is 0 Å². The third-order valence-electron chi connectivity index (χ3n) is 5.34. The first-order valence-corrected chi connectivity index (χ1v) is 11.8. The normalized spacial score (nSPS) is 11.9. The quantitative estimate of drug-likeness (QED) is 0.287. The summed E-state index contributed by atoms with van der Waals surface area (Å²) >= 11 is 7.09. The van der Waals surface area contributed by atoms with Crippen molar-refractivity contribution < 1.29 is 10.2 Å². The number of aryl methyl sites for hydroxylation is 4. The van der Waals surface area contributed by atoms with Crippen molar-refractivity contribution in [2.24, 2.45) is 0 Å². The molecule has 0 radical (unpaired) electrons. The van der Waals surface area contributed by atoms with Crippen molar-refractivity contribution in [1.29, 1.82) is 0 Å². The lowest BCUT2D eigenvalue weighted by Gasteiger charge is -2.15. The van der Waals surface area contributed by atoms with Crippen molar-refractivity contribution in [3.05, 3.63) is 85.6 Å². The van der Waals surface area contributed by atoms with E-state index in [1.54, 1.807) is 0 Å². The van der Waals surface area contributed by atoms with Gasteiger partial charge >= 0.3 is 0 Å². The molecule has 1 atom stereocenters. The SMILES string of the molecule is C=Cc1c(C)cc2nc(C)ccc2c1Br.Cc1ccc2c(Br)c([C@H](O)CO)c(C)cc2n1. The Labute approximate surface area is 205 Å². The standard InChI is InChI=1S/C13H14BrNO2.C13H12BrN/c1-7-5-10-9(4-3-8(2)15-10)13(14)12(7)11(17)6-16;1-4-10-8(2)7-12-11(13(10)14)6-5-9(3)15-12/h3-5,11,16-17H,6H2,1-2H3;4-7H,1H2,2-3H3/t11-;/m1./s1. The molecule has 166 valence electrons. The van der Waals surface area contributed by atoms with Crippen molar-refractivity contribution in [1.82, 2.24) is 9.97 Å². The van der Waals surface area contributed by atoms with Crippen molar-refractivity contribution in [3.8, 4) is 0 Å². The molecule has 0 aliphatic rings. The van der Waals surface area contributed by atoms with E-state index >= 15 is 0 Å². The second-order valence-electron chi connectivity index (χ2n) is 7.78. The van der Waals surface area contributed by atoms with Gasteiger partial charge in [0.25, 0.3) is 0 Å². The van der Waals surface area contributed by atoms with Gasteiger partial charge in [0.2, 0.25) is 0 Å². The highest BCUT2D eigenvalue weighted by Gasteiger charge is 2.16. The fraction of sp³-hybridized carbons (Fsp3) is 0.231. The molecule has 2 aromatic carbocycles. The van der Waals surface area contributed by atoms with Gasteiger partial charge in [0.15, 0.2) is 0 Å². The molecule has 4 nitrogen and oxygen atoms in total. The molecule has 4 rings (SSSR count). The number of fused-ring (bicyclic) bond motifs is 2. The minimum absolute atomic E-state index is 0.287. The number of benzene rings is 2. The van der Waals surface area contributed by atoms with E-state index in [4.69, 9.17) is 5.11 Å². The molecule has 6 heteroatoms. The second-order valence-corrected chi connectivity index (χ2v) is 9.37. The molecule has 0 bridgehead atoms. The summed E-state index contributed by atoms with van der Waals surface area (Å²) < 4.78 is 1.89. The average Bonchev–Trinajstić information content (AvgIpc) is 2.73. The largest absolute Gasteiger partial charge is 0.393 e. The zero-order valence-electron chi connectivity index (χ0n) is 18.6.